The standard InChI is InChI=1S/C22H17Cl2NO3/c23-14-9-13(21(26)20(24)10-14)11-25-22(27)28-12-19-17-7-3-1-5-15(17)16-6-2-4-8-18(16)19/h1-10,19,26H,11-12H2,(H,25,27). The second kappa shape index (κ2) is 7.74. The molecule has 1 aliphatic rings. The highest BCUT2D eigenvalue weighted by molar-refractivity contribution is 6.35. The van der Waals surface area contributed by atoms with Crippen LogP contribution in [0, 0.1) is 0 Å². The quantitative estimate of drug-likeness (QED) is 0.573. The van der Waals surface area contributed by atoms with Crippen molar-refractivity contribution in [1.29, 1.82) is 0 Å². The van der Waals surface area contributed by atoms with Crippen LogP contribution < -0.4 is 5.32 Å². The average molecular weight is 414 g/mol. The number of aromatic hydroxyl groups is 1. The molecule has 3 aromatic carbocycles. The van der Waals surface area contributed by atoms with Crippen molar-refractivity contribution in [3.05, 3.63) is 87.4 Å². The highest BCUT2D eigenvalue weighted by Crippen LogP contribution is 2.44. The van der Waals surface area contributed by atoms with Crippen LogP contribution in [0.3, 0.4) is 0 Å². The molecule has 0 unspecified atom stereocenters. The summed E-state index contributed by atoms with van der Waals surface area (Å²) in [6.45, 7) is 0.283. The van der Waals surface area contributed by atoms with E-state index in [2.05, 4.69) is 29.6 Å². The number of rotatable bonds is 4. The Morgan fingerprint density at radius 1 is 1.00 bits per heavy atom. The van der Waals surface area contributed by atoms with Crippen molar-refractivity contribution in [3.8, 4) is 16.9 Å². The smallest absolute Gasteiger partial charge is 0.407 e. The number of benzene rings is 3. The number of ether oxygens (including phenoxy) is 1. The Morgan fingerprint density at radius 3 is 2.25 bits per heavy atom. The van der Waals surface area contributed by atoms with Gasteiger partial charge in [0.2, 0.25) is 0 Å². The number of phenols is 1. The topological polar surface area (TPSA) is 58.6 Å². The Balaban J connectivity index is 1.43. The van der Waals surface area contributed by atoms with Crippen LogP contribution in [0.5, 0.6) is 5.75 Å². The summed E-state index contributed by atoms with van der Waals surface area (Å²) in [7, 11) is 0. The maximum absolute atomic E-state index is 12.2. The van der Waals surface area contributed by atoms with E-state index >= 15 is 0 Å². The molecule has 28 heavy (non-hydrogen) atoms. The molecule has 6 heteroatoms. The van der Waals surface area contributed by atoms with Crippen molar-refractivity contribution in [2.75, 3.05) is 6.61 Å². The molecule has 0 bridgehead atoms. The molecule has 0 saturated carbocycles. The number of fused-ring (bicyclic) bond motifs is 3. The van der Waals surface area contributed by atoms with Crippen LogP contribution in [0.4, 0.5) is 4.79 Å². The summed E-state index contributed by atoms with van der Waals surface area (Å²) in [5, 5.41) is 13.1. The van der Waals surface area contributed by atoms with E-state index < -0.39 is 6.09 Å². The van der Waals surface area contributed by atoms with Crippen molar-refractivity contribution >= 4 is 29.3 Å². The summed E-state index contributed by atoms with van der Waals surface area (Å²) in [5.41, 5.74) is 5.06. The first-order valence-electron chi connectivity index (χ1n) is 8.80. The van der Waals surface area contributed by atoms with Crippen LogP contribution in [0.1, 0.15) is 22.6 Å². The van der Waals surface area contributed by atoms with Crippen LogP contribution in [-0.4, -0.2) is 17.8 Å². The summed E-state index contributed by atoms with van der Waals surface area (Å²) in [6.07, 6.45) is -0.572. The van der Waals surface area contributed by atoms with Gasteiger partial charge >= 0.3 is 6.09 Å². The molecule has 4 nitrogen and oxygen atoms in total. The van der Waals surface area contributed by atoms with E-state index in [1.54, 1.807) is 6.07 Å². The Morgan fingerprint density at radius 2 is 1.61 bits per heavy atom. The molecule has 0 radical (unpaired) electrons. The van der Waals surface area contributed by atoms with Gasteiger partial charge < -0.3 is 15.2 Å². The van der Waals surface area contributed by atoms with E-state index in [4.69, 9.17) is 27.9 Å². The maximum atomic E-state index is 12.2. The van der Waals surface area contributed by atoms with Crippen LogP contribution >= 0.6 is 23.2 Å². The predicted molar refractivity (Wildman–Crippen MR) is 110 cm³/mol. The van der Waals surface area contributed by atoms with Crippen LogP contribution in [0.15, 0.2) is 60.7 Å². The molecule has 1 aliphatic carbocycles. The number of hydrogen-bond donors (Lipinski definition) is 2. The third kappa shape index (κ3) is 3.53. The summed E-state index contributed by atoms with van der Waals surface area (Å²) in [6, 6.07) is 19.3. The van der Waals surface area contributed by atoms with Gasteiger partial charge in [0.25, 0.3) is 0 Å². The van der Waals surface area contributed by atoms with Gasteiger partial charge in [0, 0.05) is 23.0 Å². The minimum absolute atomic E-state index is 0.00725. The minimum Gasteiger partial charge on any atom is -0.506 e. The van der Waals surface area contributed by atoms with Gasteiger partial charge in [-0.1, -0.05) is 71.7 Å². The number of nitrogens with one attached hydrogen (secondary N) is 1. The van der Waals surface area contributed by atoms with Crippen LogP contribution in [0.25, 0.3) is 11.1 Å². The second-order valence-electron chi connectivity index (χ2n) is 6.57. The molecule has 0 aromatic heterocycles. The largest absolute Gasteiger partial charge is 0.506 e. The van der Waals surface area contributed by atoms with Crippen molar-refractivity contribution < 1.29 is 14.6 Å². The van der Waals surface area contributed by atoms with E-state index in [1.165, 1.54) is 17.2 Å². The van der Waals surface area contributed by atoms with E-state index in [0.717, 1.165) is 11.1 Å². The third-order valence-corrected chi connectivity index (χ3v) is 5.38. The van der Waals surface area contributed by atoms with Crippen molar-refractivity contribution in [3.63, 3.8) is 0 Å². The van der Waals surface area contributed by atoms with E-state index in [-0.39, 0.29) is 29.8 Å². The monoisotopic (exact) mass is 413 g/mol. The zero-order valence-corrected chi connectivity index (χ0v) is 16.3. The highest BCUT2D eigenvalue weighted by atomic mass is 35.5. The Kier molecular flexibility index (Phi) is 5.16. The lowest BCUT2D eigenvalue weighted by atomic mass is 9.98. The molecule has 2 N–H and O–H groups in total. The van der Waals surface area contributed by atoms with Gasteiger partial charge in [-0.2, -0.15) is 0 Å². The fourth-order valence-corrected chi connectivity index (χ4v) is 4.11. The molecule has 0 aliphatic heterocycles. The number of carbonyl (C=O) groups is 1. The van der Waals surface area contributed by atoms with Crippen molar-refractivity contribution in [1.82, 2.24) is 5.32 Å². The molecule has 0 spiro atoms. The predicted octanol–water partition coefficient (Wildman–Crippen LogP) is 5.74. The first kappa shape index (κ1) is 18.7. The zero-order chi connectivity index (χ0) is 19.7. The van der Waals surface area contributed by atoms with Gasteiger partial charge in [-0.25, -0.2) is 4.79 Å². The number of alkyl carbamates (subject to hydrolysis) is 1. The van der Waals surface area contributed by atoms with Gasteiger partial charge in [-0.15, -0.1) is 0 Å². The van der Waals surface area contributed by atoms with Crippen LogP contribution in [-0.2, 0) is 11.3 Å². The lowest BCUT2D eigenvalue weighted by molar-refractivity contribution is 0.142. The fourth-order valence-electron chi connectivity index (χ4n) is 3.57. The zero-order valence-electron chi connectivity index (χ0n) is 14.8. The summed E-state index contributed by atoms with van der Waals surface area (Å²) >= 11 is 11.8. The lowest BCUT2D eigenvalue weighted by Gasteiger charge is -2.15. The fraction of sp³-hybridized carbons (Fsp3) is 0.136. The second-order valence-corrected chi connectivity index (χ2v) is 7.42. The van der Waals surface area contributed by atoms with Crippen molar-refractivity contribution in [2.45, 2.75) is 12.5 Å². The number of carbonyl (C=O) groups excluding carboxylic acids is 1. The molecule has 0 atom stereocenters. The third-order valence-electron chi connectivity index (χ3n) is 4.87. The van der Waals surface area contributed by atoms with Gasteiger partial charge in [0.05, 0.1) is 5.02 Å². The SMILES string of the molecule is O=C(NCc1cc(Cl)cc(Cl)c1O)OCC1c2ccccc2-c2ccccc21. The first-order chi connectivity index (χ1) is 13.5. The maximum Gasteiger partial charge on any atom is 0.407 e. The normalized spacial score (nSPS) is 12.4. The molecular formula is C22H17Cl2NO3. The average Bonchev–Trinajstić information content (AvgIpc) is 3.02. The van der Waals surface area contributed by atoms with Gasteiger partial charge in [-0.3, -0.25) is 0 Å². The summed E-state index contributed by atoms with van der Waals surface area (Å²) in [5.74, 6) is -0.114. The summed E-state index contributed by atoms with van der Waals surface area (Å²) in [4.78, 5) is 12.2. The number of phenolic OH excluding ortho intramolecular Hbond substituents is 1. The van der Waals surface area contributed by atoms with Crippen molar-refractivity contribution in [2.24, 2.45) is 0 Å². The summed E-state index contributed by atoms with van der Waals surface area (Å²) < 4.78 is 5.46. The van der Waals surface area contributed by atoms with Gasteiger partial charge in [0.1, 0.15) is 12.4 Å². The molecular weight excluding hydrogens is 397 g/mol. The molecule has 0 heterocycles. The Hall–Kier alpha value is -2.69. The molecule has 142 valence electrons. The van der Waals surface area contributed by atoms with Gasteiger partial charge in [0.15, 0.2) is 0 Å². The highest BCUT2D eigenvalue weighted by Gasteiger charge is 2.28. The molecule has 4 rings (SSSR count). The molecule has 1 amide bonds. The number of amides is 1. The van der Waals surface area contributed by atoms with E-state index in [1.807, 2.05) is 24.3 Å². The minimum atomic E-state index is -0.572. The van der Waals surface area contributed by atoms with Gasteiger partial charge in [-0.05, 0) is 34.4 Å². The first-order valence-corrected chi connectivity index (χ1v) is 9.56. The Labute approximate surface area is 172 Å². The molecule has 3 aromatic rings. The Bertz CT molecular complexity index is 1010. The molecule has 0 saturated heterocycles. The van der Waals surface area contributed by atoms with Crippen LogP contribution in [0.2, 0.25) is 10.0 Å². The molecule has 0 fully saturated rings. The van der Waals surface area contributed by atoms with E-state index in [0.29, 0.717) is 10.6 Å². The lowest BCUT2D eigenvalue weighted by Crippen LogP contribution is -2.25. The number of hydrogen-bond acceptors (Lipinski definition) is 3. The number of halogens is 2. The van der Waals surface area contributed by atoms with E-state index in [9.17, 15) is 9.90 Å².